The summed E-state index contributed by atoms with van der Waals surface area (Å²) < 4.78 is 5.20. The topological polar surface area (TPSA) is 58.6 Å². The van der Waals surface area contributed by atoms with Crippen LogP contribution in [0.15, 0.2) is 42.5 Å². The largest absolute Gasteiger partial charge is 0.497 e. The molecule has 27 heavy (non-hydrogen) atoms. The maximum absolute atomic E-state index is 12.4. The summed E-state index contributed by atoms with van der Waals surface area (Å²) in [4.78, 5) is 26.7. The molecular weight excluding hydrogens is 340 g/mol. The zero-order chi connectivity index (χ0) is 18.8. The van der Waals surface area contributed by atoms with Gasteiger partial charge in [-0.15, -0.1) is 0 Å². The lowest BCUT2D eigenvalue weighted by Crippen LogP contribution is -2.36. The molecule has 1 aliphatic heterocycles. The van der Waals surface area contributed by atoms with Crippen molar-refractivity contribution in [3.8, 4) is 5.75 Å². The summed E-state index contributed by atoms with van der Waals surface area (Å²) in [5.74, 6) is 1.21. The molecule has 0 aromatic heterocycles. The summed E-state index contributed by atoms with van der Waals surface area (Å²) in [6.45, 7) is 1.44. The molecular formula is C22H24N2O3. The highest BCUT2D eigenvalue weighted by atomic mass is 16.5. The van der Waals surface area contributed by atoms with E-state index in [0.29, 0.717) is 13.0 Å². The van der Waals surface area contributed by atoms with Crippen molar-refractivity contribution in [3.63, 3.8) is 0 Å². The van der Waals surface area contributed by atoms with E-state index in [1.54, 1.807) is 7.11 Å². The molecule has 0 spiro atoms. The van der Waals surface area contributed by atoms with Crippen LogP contribution in [0, 0.1) is 5.92 Å². The number of carbonyl (C=O) groups excluding carboxylic acids is 2. The first-order chi connectivity index (χ1) is 13.1. The first-order valence-corrected chi connectivity index (χ1v) is 9.46. The molecule has 2 aliphatic rings. The Balaban J connectivity index is 1.41. The van der Waals surface area contributed by atoms with E-state index in [1.807, 2.05) is 41.3 Å². The Morgan fingerprint density at radius 3 is 2.78 bits per heavy atom. The zero-order valence-corrected chi connectivity index (χ0v) is 15.5. The lowest BCUT2D eigenvalue weighted by atomic mass is 9.98. The van der Waals surface area contributed by atoms with Gasteiger partial charge in [-0.1, -0.05) is 18.2 Å². The third kappa shape index (κ3) is 4.13. The molecule has 1 fully saturated rings. The molecule has 1 aliphatic carbocycles. The van der Waals surface area contributed by atoms with Crippen molar-refractivity contribution in [1.82, 2.24) is 4.90 Å². The molecule has 2 aromatic carbocycles. The van der Waals surface area contributed by atoms with E-state index in [9.17, 15) is 9.59 Å². The van der Waals surface area contributed by atoms with Crippen LogP contribution in [0.4, 0.5) is 5.69 Å². The van der Waals surface area contributed by atoms with Crippen LogP contribution in [0.3, 0.4) is 0 Å². The number of ether oxygens (including phenoxy) is 1. The fraction of sp³-hybridized carbons (Fsp3) is 0.364. The number of fused-ring (bicyclic) bond motifs is 1. The highest BCUT2D eigenvalue weighted by molar-refractivity contribution is 5.92. The number of benzene rings is 2. The molecule has 0 unspecified atom stereocenters. The van der Waals surface area contributed by atoms with E-state index in [4.69, 9.17) is 4.74 Å². The average molecular weight is 364 g/mol. The molecule has 2 amide bonds. The second kappa shape index (κ2) is 7.43. The second-order valence-electron chi connectivity index (χ2n) is 7.34. The minimum absolute atomic E-state index is 0.0649. The number of hydrogen-bond acceptors (Lipinski definition) is 3. The van der Waals surface area contributed by atoms with Crippen LogP contribution in [0.25, 0.3) is 0 Å². The maximum atomic E-state index is 12.4. The fourth-order valence-corrected chi connectivity index (χ4v) is 3.58. The van der Waals surface area contributed by atoms with Crippen molar-refractivity contribution < 1.29 is 14.3 Å². The van der Waals surface area contributed by atoms with E-state index >= 15 is 0 Å². The predicted octanol–water partition coefficient (Wildman–Crippen LogP) is 3.17. The second-order valence-corrected chi connectivity index (χ2v) is 7.34. The maximum Gasteiger partial charge on any atom is 0.228 e. The van der Waals surface area contributed by atoms with Crippen molar-refractivity contribution in [2.24, 2.45) is 5.92 Å². The van der Waals surface area contributed by atoms with Crippen molar-refractivity contribution in [1.29, 1.82) is 0 Å². The molecule has 2 aromatic rings. The summed E-state index contributed by atoms with van der Waals surface area (Å²) in [6.07, 6.45) is 3.23. The number of carbonyl (C=O) groups is 2. The molecule has 0 radical (unpaired) electrons. The Hall–Kier alpha value is -2.82. The van der Waals surface area contributed by atoms with Gasteiger partial charge in [-0.3, -0.25) is 9.59 Å². The van der Waals surface area contributed by atoms with Gasteiger partial charge in [0.15, 0.2) is 0 Å². The van der Waals surface area contributed by atoms with Crippen LogP contribution >= 0.6 is 0 Å². The van der Waals surface area contributed by atoms with Gasteiger partial charge >= 0.3 is 0 Å². The third-order valence-corrected chi connectivity index (χ3v) is 5.24. The molecule has 0 saturated heterocycles. The van der Waals surface area contributed by atoms with Crippen LogP contribution < -0.4 is 10.1 Å². The predicted molar refractivity (Wildman–Crippen MR) is 104 cm³/mol. The van der Waals surface area contributed by atoms with Crippen molar-refractivity contribution in [2.45, 2.75) is 32.2 Å². The minimum atomic E-state index is -0.0649. The van der Waals surface area contributed by atoms with Gasteiger partial charge in [0.1, 0.15) is 5.75 Å². The van der Waals surface area contributed by atoms with E-state index in [1.165, 1.54) is 5.56 Å². The Morgan fingerprint density at radius 2 is 2.00 bits per heavy atom. The van der Waals surface area contributed by atoms with Crippen LogP contribution in [0.2, 0.25) is 0 Å². The first-order valence-electron chi connectivity index (χ1n) is 9.46. The molecule has 1 N–H and O–H groups in total. The molecule has 5 nitrogen and oxygen atoms in total. The van der Waals surface area contributed by atoms with Crippen LogP contribution in [0.5, 0.6) is 5.75 Å². The van der Waals surface area contributed by atoms with Gasteiger partial charge in [-0.25, -0.2) is 0 Å². The molecule has 4 rings (SSSR count). The summed E-state index contributed by atoms with van der Waals surface area (Å²) in [5.41, 5.74) is 4.09. The highest BCUT2D eigenvalue weighted by Crippen LogP contribution is 2.33. The molecule has 1 heterocycles. The molecule has 5 heteroatoms. The Labute approximate surface area is 159 Å². The number of hydrogen-bond donors (Lipinski definition) is 1. The number of methoxy groups -OCH3 is 1. The Bertz CT molecular complexity index is 874. The smallest absolute Gasteiger partial charge is 0.228 e. The normalized spacial score (nSPS) is 15.8. The third-order valence-electron chi connectivity index (χ3n) is 5.24. The van der Waals surface area contributed by atoms with Crippen molar-refractivity contribution >= 4 is 17.5 Å². The van der Waals surface area contributed by atoms with E-state index in [-0.39, 0.29) is 17.7 Å². The van der Waals surface area contributed by atoms with E-state index < -0.39 is 0 Å². The van der Waals surface area contributed by atoms with Crippen LogP contribution in [-0.2, 0) is 29.0 Å². The highest BCUT2D eigenvalue weighted by Gasteiger charge is 2.34. The summed E-state index contributed by atoms with van der Waals surface area (Å²) >= 11 is 0. The number of nitrogens with one attached hydrogen (secondary N) is 1. The lowest BCUT2D eigenvalue weighted by molar-refractivity contribution is -0.133. The first kappa shape index (κ1) is 17.6. The Morgan fingerprint density at radius 1 is 1.15 bits per heavy atom. The summed E-state index contributed by atoms with van der Waals surface area (Å²) in [6, 6.07) is 13.5. The van der Waals surface area contributed by atoms with Gasteiger partial charge in [-0.05, 0) is 60.2 Å². The quantitative estimate of drug-likeness (QED) is 0.887. The average Bonchev–Trinajstić information content (AvgIpc) is 3.52. The summed E-state index contributed by atoms with van der Waals surface area (Å²) in [5, 5.41) is 2.97. The standard InChI is InChI=1S/C22H24N2O3/c1-27-20-4-2-3-15(11-20)12-21(25)23-19-8-7-16-9-10-24(14-18(16)13-19)22(26)17-5-6-17/h2-4,7-8,11,13,17H,5-6,9-10,12,14H2,1H3,(H,23,25). The van der Waals surface area contributed by atoms with Gasteiger partial charge in [0.2, 0.25) is 11.8 Å². The van der Waals surface area contributed by atoms with Crippen molar-refractivity contribution in [2.75, 3.05) is 19.0 Å². The van der Waals surface area contributed by atoms with Crippen LogP contribution in [-0.4, -0.2) is 30.4 Å². The van der Waals surface area contributed by atoms with Crippen molar-refractivity contribution in [3.05, 3.63) is 59.2 Å². The number of amides is 2. The Kier molecular flexibility index (Phi) is 4.84. The SMILES string of the molecule is COc1cccc(CC(=O)Nc2ccc3c(c2)CN(C(=O)C2CC2)CC3)c1. The number of anilines is 1. The van der Waals surface area contributed by atoms with E-state index in [0.717, 1.165) is 48.4 Å². The van der Waals surface area contributed by atoms with E-state index in [2.05, 4.69) is 11.4 Å². The lowest BCUT2D eigenvalue weighted by Gasteiger charge is -2.29. The summed E-state index contributed by atoms with van der Waals surface area (Å²) in [7, 11) is 1.61. The monoisotopic (exact) mass is 364 g/mol. The number of nitrogens with zero attached hydrogens (tertiary/aromatic N) is 1. The van der Waals surface area contributed by atoms with Gasteiger partial charge in [0, 0.05) is 24.7 Å². The molecule has 140 valence electrons. The fourth-order valence-electron chi connectivity index (χ4n) is 3.58. The van der Waals surface area contributed by atoms with Gasteiger partial charge in [0.25, 0.3) is 0 Å². The zero-order valence-electron chi connectivity index (χ0n) is 15.5. The van der Waals surface area contributed by atoms with Gasteiger partial charge in [0.05, 0.1) is 13.5 Å². The van der Waals surface area contributed by atoms with Crippen LogP contribution in [0.1, 0.15) is 29.5 Å². The molecule has 1 saturated carbocycles. The number of rotatable bonds is 5. The molecule has 0 bridgehead atoms. The minimum Gasteiger partial charge on any atom is -0.497 e. The molecule has 0 atom stereocenters. The van der Waals surface area contributed by atoms with Gasteiger partial charge in [-0.2, -0.15) is 0 Å². The van der Waals surface area contributed by atoms with Gasteiger partial charge < -0.3 is 15.0 Å².